The number of rotatable bonds is 2. The molecule has 2 aliphatic rings. The first-order chi connectivity index (χ1) is 7.56. The molecule has 0 aliphatic carbocycles. The third-order valence-electron chi connectivity index (χ3n) is 2.99. The number of carbonyl (C=O) groups excluding carboxylic acids is 2. The number of nitrogens with zero attached hydrogens (tertiary/aromatic N) is 2. The van der Waals surface area contributed by atoms with Gasteiger partial charge in [0, 0.05) is 25.9 Å². The molecule has 0 bridgehead atoms. The summed E-state index contributed by atoms with van der Waals surface area (Å²) in [7, 11) is 0. The number of carbonyl (C=O) groups is 2. The highest BCUT2D eigenvalue weighted by Gasteiger charge is 2.32. The van der Waals surface area contributed by atoms with E-state index in [2.05, 4.69) is 4.90 Å². The monoisotopic (exact) mass is 226 g/mol. The van der Waals surface area contributed by atoms with E-state index in [0.29, 0.717) is 19.5 Å². The van der Waals surface area contributed by atoms with E-state index >= 15 is 0 Å². The van der Waals surface area contributed by atoms with Crippen molar-refractivity contribution in [2.45, 2.75) is 38.9 Å². The molecule has 0 N–H and O–H groups in total. The van der Waals surface area contributed by atoms with Gasteiger partial charge in [-0.1, -0.05) is 0 Å². The Bertz CT molecular complexity index is 280. The van der Waals surface area contributed by atoms with Crippen molar-refractivity contribution in [3.8, 4) is 0 Å². The first-order valence-corrected chi connectivity index (χ1v) is 5.77. The molecule has 16 heavy (non-hydrogen) atoms. The molecule has 5 heteroatoms. The Labute approximate surface area is 95.3 Å². The lowest BCUT2D eigenvalue weighted by molar-refractivity contribution is -0.144. The molecule has 2 saturated heterocycles. The van der Waals surface area contributed by atoms with Gasteiger partial charge in [0.1, 0.15) is 0 Å². The minimum Gasteiger partial charge on any atom is -0.373 e. The van der Waals surface area contributed by atoms with E-state index in [0.717, 1.165) is 13.1 Å². The highest BCUT2D eigenvalue weighted by atomic mass is 16.5. The maximum atomic E-state index is 11.5. The fourth-order valence-electron chi connectivity index (χ4n) is 2.38. The van der Waals surface area contributed by atoms with Crippen LogP contribution in [0, 0.1) is 0 Å². The van der Waals surface area contributed by atoms with Gasteiger partial charge < -0.3 is 4.74 Å². The normalized spacial score (nSPS) is 32.5. The van der Waals surface area contributed by atoms with Gasteiger partial charge in [0.2, 0.25) is 11.8 Å². The maximum absolute atomic E-state index is 11.5. The van der Waals surface area contributed by atoms with Gasteiger partial charge in [0.05, 0.1) is 18.9 Å². The minimum atomic E-state index is -0.0446. The van der Waals surface area contributed by atoms with Crippen LogP contribution in [0.25, 0.3) is 0 Å². The Balaban J connectivity index is 1.93. The van der Waals surface area contributed by atoms with Crippen LogP contribution in [-0.4, -0.2) is 53.6 Å². The highest BCUT2D eigenvalue weighted by Crippen LogP contribution is 2.15. The molecular weight excluding hydrogens is 208 g/mol. The summed E-state index contributed by atoms with van der Waals surface area (Å²) in [6.07, 6.45) is 1.07. The SMILES string of the molecule is C[C@@H]1CN(CN2C(=O)CCC2=O)C[C@H](C)O1. The summed E-state index contributed by atoms with van der Waals surface area (Å²) in [6, 6.07) is 0. The molecule has 0 radical (unpaired) electrons. The first kappa shape index (κ1) is 11.5. The second kappa shape index (κ2) is 4.51. The van der Waals surface area contributed by atoms with Crippen LogP contribution in [0.1, 0.15) is 26.7 Å². The molecule has 2 atom stereocenters. The van der Waals surface area contributed by atoms with Gasteiger partial charge in [0.25, 0.3) is 0 Å². The van der Waals surface area contributed by atoms with Crippen LogP contribution in [0.2, 0.25) is 0 Å². The van der Waals surface area contributed by atoms with Crippen molar-refractivity contribution in [3.63, 3.8) is 0 Å². The van der Waals surface area contributed by atoms with Crippen LogP contribution >= 0.6 is 0 Å². The number of amides is 2. The number of morpholine rings is 1. The van der Waals surface area contributed by atoms with Gasteiger partial charge in [0.15, 0.2) is 0 Å². The molecule has 5 nitrogen and oxygen atoms in total. The van der Waals surface area contributed by atoms with E-state index < -0.39 is 0 Å². The van der Waals surface area contributed by atoms with Crippen LogP contribution in [0.3, 0.4) is 0 Å². The molecule has 2 fully saturated rings. The lowest BCUT2D eigenvalue weighted by Gasteiger charge is -2.36. The Morgan fingerprint density at radius 3 is 2.12 bits per heavy atom. The zero-order valence-electron chi connectivity index (χ0n) is 9.81. The quantitative estimate of drug-likeness (QED) is 0.631. The van der Waals surface area contributed by atoms with Crippen LogP contribution in [0.4, 0.5) is 0 Å². The van der Waals surface area contributed by atoms with Gasteiger partial charge in [-0.3, -0.25) is 19.4 Å². The first-order valence-electron chi connectivity index (χ1n) is 5.77. The molecule has 0 aromatic carbocycles. The Kier molecular flexibility index (Phi) is 3.25. The van der Waals surface area contributed by atoms with Gasteiger partial charge in [-0.25, -0.2) is 0 Å². The van der Waals surface area contributed by atoms with Gasteiger partial charge >= 0.3 is 0 Å². The van der Waals surface area contributed by atoms with E-state index in [1.54, 1.807) is 0 Å². The average molecular weight is 226 g/mol. The molecule has 2 aliphatic heterocycles. The summed E-state index contributed by atoms with van der Waals surface area (Å²) in [5, 5.41) is 0. The Hall–Kier alpha value is -0.940. The predicted molar refractivity (Wildman–Crippen MR) is 57.5 cm³/mol. The summed E-state index contributed by atoms with van der Waals surface area (Å²) in [6.45, 7) is 6.01. The molecule has 90 valence electrons. The van der Waals surface area contributed by atoms with Gasteiger partial charge in [-0.05, 0) is 13.8 Å². The fraction of sp³-hybridized carbons (Fsp3) is 0.818. The number of hydrogen-bond donors (Lipinski definition) is 0. The molecular formula is C11H18N2O3. The molecule has 0 aromatic rings. The van der Waals surface area contributed by atoms with Crippen molar-refractivity contribution in [2.24, 2.45) is 0 Å². The second-order valence-electron chi connectivity index (χ2n) is 4.65. The van der Waals surface area contributed by atoms with Crippen molar-refractivity contribution in [2.75, 3.05) is 19.8 Å². The molecule has 0 saturated carbocycles. The smallest absolute Gasteiger partial charge is 0.230 e. The van der Waals surface area contributed by atoms with Crippen LogP contribution in [-0.2, 0) is 14.3 Å². The van der Waals surface area contributed by atoms with E-state index in [1.165, 1.54) is 4.90 Å². The van der Waals surface area contributed by atoms with Crippen LogP contribution < -0.4 is 0 Å². The predicted octanol–water partition coefficient (Wildman–Crippen LogP) is 0.202. The zero-order chi connectivity index (χ0) is 11.7. The summed E-state index contributed by atoms with van der Waals surface area (Å²) < 4.78 is 5.60. The molecule has 0 spiro atoms. The van der Waals surface area contributed by atoms with Gasteiger partial charge in [-0.2, -0.15) is 0 Å². The van der Waals surface area contributed by atoms with Crippen molar-refractivity contribution in [1.82, 2.24) is 9.80 Å². The molecule has 2 heterocycles. The highest BCUT2D eigenvalue weighted by molar-refractivity contribution is 6.01. The van der Waals surface area contributed by atoms with E-state index in [4.69, 9.17) is 4.74 Å². The number of ether oxygens (including phenoxy) is 1. The minimum absolute atomic E-state index is 0.0446. The van der Waals surface area contributed by atoms with Crippen LogP contribution in [0.5, 0.6) is 0 Å². The Morgan fingerprint density at radius 1 is 1.12 bits per heavy atom. The lowest BCUT2D eigenvalue weighted by atomic mass is 10.2. The second-order valence-corrected chi connectivity index (χ2v) is 4.65. The van der Waals surface area contributed by atoms with E-state index in [-0.39, 0.29) is 24.0 Å². The third kappa shape index (κ3) is 2.41. The fourth-order valence-corrected chi connectivity index (χ4v) is 2.38. The average Bonchev–Trinajstić information content (AvgIpc) is 2.48. The molecule has 0 aromatic heterocycles. The summed E-state index contributed by atoms with van der Waals surface area (Å²) in [5.41, 5.74) is 0. The topological polar surface area (TPSA) is 49.9 Å². The molecule has 2 rings (SSSR count). The lowest BCUT2D eigenvalue weighted by Crippen LogP contribution is -2.50. The molecule has 0 unspecified atom stereocenters. The van der Waals surface area contributed by atoms with Crippen molar-refractivity contribution >= 4 is 11.8 Å². The Morgan fingerprint density at radius 2 is 1.62 bits per heavy atom. The number of imide groups is 1. The van der Waals surface area contributed by atoms with E-state index in [9.17, 15) is 9.59 Å². The summed E-state index contributed by atoms with van der Waals surface area (Å²) >= 11 is 0. The summed E-state index contributed by atoms with van der Waals surface area (Å²) in [5.74, 6) is -0.0893. The summed E-state index contributed by atoms with van der Waals surface area (Å²) in [4.78, 5) is 26.4. The maximum Gasteiger partial charge on any atom is 0.230 e. The van der Waals surface area contributed by atoms with Crippen molar-refractivity contribution < 1.29 is 14.3 Å². The number of hydrogen-bond acceptors (Lipinski definition) is 4. The van der Waals surface area contributed by atoms with Gasteiger partial charge in [-0.15, -0.1) is 0 Å². The zero-order valence-corrected chi connectivity index (χ0v) is 9.81. The van der Waals surface area contributed by atoms with Crippen molar-refractivity contribution in [1.29, 1.82) is 0 Å². The largest absolute Gasteiger partial charge is 0.373 e. The van der Waals surface area contributed by atoms with Crippen LogP contribution in [0.15, 0.2) is 0 Å². The molecule has 2 amide bonds. The number of likely N-dealkylation sites (tertiary alicyclic amines) is 1. The third-order valence-corrected chi connectivity index (χ3v) is 2.99. The standard InChI is InChI=1S/C11H18N2O3/c1-8-5-12(6-9(2)16-8)7-13-10(14)3-4-11(13)15/h8-9H,3-7H2,1-2H3/t8-,9+. The van der Waals surface area contributed by atoms with E-state index in [1.807, 2.05) is 13.8 Å². The van der Waals surface area contributed by atoms with Crippen molar-refractivity contribution in [3.05, 3.63) is 0 Å².